The van der Waals surface area contributed by atoms with E-state index < -0.39 is 0 Å². The highest BCUT2D eigenvalue weighted by molar-refractivity contribution is 7.80. The molecule has 0 bridgehead atoms. The number of ether oxygens (including phenoxy) is 1. The van der Waals surface area contributed by atoms with Gasteiger partial charge in [0.2, 0.25) is 0 Å². The summed E-state index contributed by atoms with van der Waals surface area (Å²) in [4.78, 5) is 17.9. The Balaban J connectivity index is 1.22. The van der Waals surface area contributed by atoms with Crippen molar-refractivity contribution in [3.05, 3.63) is 82.9 Å². The van der Waals surface area contributed by atoms with Crippen molar-refractivity contribution in [2.45, 2.75) is 24.3 Å². The quantitative estimate of drug-likeness (QED) is 0.550. The molecule has 0 aromatic heterocycles. The first-order valence-electron chi connectivity index (χ1n) is 11.4. The van der Waals surface area contributed by atoms with Gasteiger partial charge in [-0.25, -0.2) is 4.79 Å². The van der Waals surface area contributed by atoms with Gasteiger partial charge in [-0.3, -0.25) is 0 Å². The summed E-state index contributed by atoms with van der Waals surface area (Å²) in [5.41, 5.74) is 14.2. The zero-order valence-corrected chi connectivity index (χ0v) is 19.7. The summed E-state index contributed by atoms with van der Waals surface area (Å²) in [6.07, 6.45) is -0.238. The molecule has 0 saturated carbocycles. The number of nitrogens with zero attached hydrogens (tertiary/aromatic N) is 2. The molecule has 0 unspecified atom stereocenters. The maximum absolute atomic E-state index is 12.9. The predicted octanol–water partition coefficient (Wildman–Crippen LogP) is 4.81. The summed E-state index contributed by atoms with van der Waals surface area (Å²) in [5, 5.41) is 0. The molecule has 0 atom stereocenters. The van der Waals surface area contributed by atoms with Crippen LogP contribution in [0.4, 0.5) is 10.5 Å². The number of fused-ring (bicyclic) bond motifs is 3. The fraction of sp³-hybridized carbons (Fsp3) is 0.296. The molecule has 33 heavy (non-hydrogen) atoms. The minimum atomic E-state index is -0.238. The molecule has 1 aliphatic carbocycles. The highest BCUT2D eigenvalue weighted by Gasteiger charge is 2.30. The van der Waals surface area contributed by atoms with Crippen molar-refractivity contribution in [1.29, 1.82) is 0 Å². The fourth-order valence-electron chi connectivity index (χ4n) is 4.97. The monoisotopic (exact) mass is 459 g/mol. The minimum absolute atomic E-state index is 0.0821. The van der Waals surface area contributed by atoms with Crippen LogP contribution < -0.4 is 10.6 Å². The second-order valence-corrected chi connectivity index (χ2v) is 9.21. The molecule has 1 fully saturated rings. The summed E-state index contributed by atoms with van der Waals surface area (Å²) < 4.78 is 5.83. The number of carbonyl (C=O) groups is 1. The van der Waals surface area contributed by atoms with Crippen LogP contribution in [0.1, 0.15) is 28.2 Å². The second kappa shape index (κ2) is 9.12. The van der Waals surface area contributed by atoms with Crippen LogP contribution in [-0.2, 0) is 11.3 Å². The van der Waals surface area contributed by atoms with Crippen LogP contribution in [0.25, 0.3) is 11.1 Å². The zero-order chi connectivity index (χ0) is 22.9. The molecule has 3 aromatic carbocycles. The van der Waals surface area contributed by atoms with Gasteiger partial charge in [-0.2, -0.15) is 0 Å². The number of nitrogens with two attached hydrogens (primary N) is 1. The molecule has 1 amide bonds. The zero-order valence-electron chi connectivity index (χ0n) is 18.8. The van der Waals surface area contributed by atoms with E-state index in [9.17, 15) is 4.79 Å². The average Bonchev–Trinajstić information content (AvgIpc) is 3.18. The van der Waals surface area contributed by atoms with Crippen LogP contribution in [0.3, 0.4) is 0 Å². The lowest BCUT2D eigenvalue weighted by Gasteiger charge is -2.36. The molecule has 0 spiro atoms. The van der Waals surface area contributed by atoms with Gasteiger partial charge in [0.1, 0.15) is 6.61 Å². The second-order valence-electron chi connectivity index (χ2n) is 8.73. The standard InChI is InChI=1S/C27H29N3O2S/c1-18-19(16-28)14-20(15-26(18)33)29-10-12-30(13-11-29)27(31)32-17-25-23-8-4-2-6-21(23)22-7-3-5-9-24(22)25/h2-9,14-15,25,33H,10-13,16-17,28H2,1H3. The molecule has 5 rings (SSSR count). The van der Waals surface area contributed by atoms with Gasteiger partial charge in [-0.15, -0.1) is 12.6 Å². The lowest BCUT2D eigenvalue weighted by atomic mass is 9.98. The summed E-state index contributed by atoms with van der Waals surface area (Å²) in [6.45, 7) is 5.66. The molecule has 5 nitrogen and oxygen atoms in total. The van der Waals surface area contributed by atoms with Gasteiger partial charge in [0.15, 0.2) is 0 Å². The first-order valence-corrected chi connectivity index (χ1v) is 11.9. The van der Waals surface area contributed by atoms with Gasteiger partial charge in [0.05, 0.1) is 0 Å². The van der Waals surface area contributed by atoms with E-state index in [-0.39, 0.29) is 12.0 Å². The van der Waals surface area contributed by atoms with Gasteiger partial charge < -0.3 is 20.3 Å². The highest BCUT2D eigenvalue weighted by Crippen LogP contribution is 2.44. The number of carbonyl (C=O) groups excluding carboxylic acids is 1. The van der Waals surface area contributed by atoms with Crippen LogP contribution in [0, 0.1) is 6.92 Å². The number of anilines is 1. The van der Waals surface area contributed by atoms with Crippen LogP contribution in [0.2, 0.25) is 0 Å². The van der Waals surface area contributed by atoms with Crippen molar-refractivity contribution in [1.82, 2.24) is 4.90 Å². The molecule has 2 aliphatic rings. The SMILES string of the molecule is Cc1c(S)cc(N2CCN(C(=O)OCC3c4ccccc4-c4ccccc43)CC2)cc1CN. The van der Waals surface area contributed by atoms with Crippen LogP contribution in [0.5, 0.6) is 0 Å². The number of hydrogen-bond acceptors (Lipinski definition) is 5. The van der Waals surface area contributed by atoms with E-state index in [1.54, 1.807) is 0 Å². The third kappa shape index (κ3) is 4.09. The van der Waals surface area contributed by atoms with E-state index in [1.165, 1.54) is 22.3 Å². The van der Waals surface area contributed by atoms with Crippen LogP contribution in [-0.4, -0.2) is 43.8 Å². The van der Waals surface area contributed by atoms with Crippen LogP contribution in [0.15, 0.2) is 65.6 Å². The Hall–Kier alpha value is -2.96. The lowest BCUT2D eigenvalue weighted by molar-refractivity contribution is 0.0977. The summed E-state index contributed by atoms with van der Waals surface area (Å²) in [6, 6.07) is 21.0. The summed E-state index contributed by atoms with van der Waals surface area (Å²) >= 11 is 4.60. The first-order chi connectivity index (χ1) is 16.1. The van der Waals surface area contributed by atoms with Crippen molar-refractivity contribution >= 4 is 24.4 Å². The predicted molar refractivity (Wildman–Crippen MR) is 135 cm³/mol. The number of hydrogen-bond donors (Lipinski definition) is 2. The molecular formula is C27H29N3O2S. The van der Waals surface area contributed by atoms with Crippen molar-refractivity contribution < 1.29 is 9.53 Å². The molecule has 1 heterocycles. The van der Waals surface area contributed by atoms with E-state index in [0.29, 0.717) is 26.2 Å². The Morgan fingerprint density at radius 1 is 1.00 bits per heavy atom. The molecule has 3 aromatic rings. The molecular weight excluding hydrogens is 430 g/mol. The average molecular weight is 460 g/mol. The lowest BCUT2D eigenvalue weighted by Crippen LogP contribution is -2.49. The Morgan fingerprint density at radius 2 is 1.61 bits per heavy atom. The summed E-state index contributed by atoms with van der Waals surface area (Å²) in [7, 11) is 0. The Morgan fingerprint density at radius 3 is 2.21 bits per heavy atom. The topological polar surface area (TPSA) is 58.8 Å². The normalized spacial score (nSPS) is 15.4. The molecule has 1 saturated heterocycles. The number of thiol groups is 1. The van der Waals surface area contributed by atoms with Gasteiger partial charge in [0.25, 0.3) is 0 Å². The molecule has 1 aliphatic heterocycles. The van der Waals surface area contributed by atoms with E-state index in [1.807, 2.05) is 11.8 Å². The van der Waals surface area contributed by atoms with Crippen molar-refractivity contribution in [2.24, 2.45) is 5.73 Å². The highest BCUT2D eigenvalue weighted by atomic mass is 32.1. The van der Waals surface area contributed by atoms with Gasteiger partial charge in [-0.05, 0) is 52.4 Å². The van der Waals surface area contributed by atoms with Crippen molar-refractivity contribution in [3.8, 4) is 11.1 Å². The van der Waals surface area contributed by atoms with Gasteiger partial charge in [-0.1, -0.05) is 48.5 Å². The number of piperazine rings is 1. The van der Waals surface area contributed by atoms with Crippen LogP contribution >= 0.6 is 12.6 Å². The third-order valence-corrected chi connectivity index (χ3v) is 7.40. The molecule has 0 radical (unpaired) electrons. The Labute approximate surface area is 200 Å². The summed E-state index contributed by atoms with van der Waals surface area (Å²) in [5.74, 6) is 0.0821. The number of amides is 1. The van der Waals surface area contributed by atoms with E-state index in [0.717, 1.165) is 34.8 Å². The van der Waals surface area contributed by atoms with E-state index in [4.69, 9.17) is 10.5 Å². The Bertz CT molecular complexity index is 1140. The van der Waals surface area contributed by atoms with Gasteiger partial charge in [0, 0.05) is 49.2 Å². The van der Waals surface area contributed by atoms with Crippen molar-refractivity contribution in [3.63, 3.8) is 0 Å². The maximum atomic E-state index is 12.9. The molecule has 170 valence electrons. The number of rotatable bonds is 4. The van der Waals surface area contributed by atoms with Gasteiger partial charge >= 0.3 is 6.09 Å². The largest absolute Gasteiger partial charge is 0.448 e. The fourth-order valence-corrected chi connectivity index (χ4v) is 5.24. The minimum Gasteiger partial charge on any atom is -0.448 e. The van der Waals surface area contributed by atoms with Crippen molar-refractivity contribution in [2.75, 3.05) is 37.7 Å². The number of benzene rings is 3. The Kier molecular flexibility index (Phi) is 6.04. The third-order valence-electron chi connectivity index (χ3n) is 6.93. The molecule has 2 N–H and O–H groups in total. The first kappa shape index (κ1) is 21.9. The smallest absolute Gasteiger partial charge is 0.409 e. The maximum Gasteiger partial charge on any atom is 0.409 e. The molecule has 6 heteroatoms. The van der Waals surface area contributed by atoms with E-state index >= 15 is 0 Å². The van der Waals surface area contributed by atoms with E-state index in [2.05, 4.69) is 78.2 Å².